The Balaban J connectivity index is 2.87. The van der Waals surface area contributed by atoms with Crippen molar-refractivity contribution in [2.75, 3.05) is 26.7 Å². The van der Waals surface area contributed by atoms with Gasteiger partial charge in [0.15, 0.2) is 17.3 Å². The van der Waals surface area contributed by atoms with E-state index in [0.717, 1.165) is 10.8 Å². The molecule has 0 saturated heterocycles. The van der Waals surface area contributed by atoms with Crippen molar-refractivity contribution in [1.82, 2.24) is 0 Å². The number of ketones is 1. The minimum Gasteiger partial charge on any atom is -0.495 e. The molecule has 2 aromatic carbocycles. The summed E-state index contributed by atoms with van der Waals surface area (Å²) in [4.78, 5) is 12.1. The van der Waals surface area contributed by atoms with Gasteiger partial charge in [-0.1, -0.05) is 24.3 Å². The van der Waals surface area contributed by atoms with Crippen molar-refractivity contribution < 1.29 is 19.0 Å². The molecule has 0 saturated carbocycles. The molecular weight excluding hydrogens is 292 g/mol. The van der Waals surface area contributed by atoms with Crippen LogP contribution in [0.4, 0.5) is 0 Å². The maximum Gasteiger partial charge on any atom is 0.176 e. The third-order valence-corrected chi connectivity index (χ3v) is 3.31. The summed E-state index contributed by atoms with van der Waals surface area (Å²) in [5.74, 6) is 1.54. The van der Waals surface area contributed by atoms with E-state index in [2.05, 4.69) is 0 Å². The zero-order valence-corrected chi connectivity index (χ0v) is 13.0. The van der Waals surface area contributed by atoms with Crippen molar-refractivity contribution >= 4 is 28.2 Å². The van der Waals surface area contributed by atoms with Crippen LogP contribution in [0.25, 0.3) is 10.8 Å². The van der Waals surface area contributed by atoms with Crippen LogP contribution in [0.5, 0.6) is 17.2 Å². The lowest BCUT2D eigenvalue weighted by molar-refractivity contribution is 0.101. The zero-order valence-electron chi connectivity index (χ0n) is 12.2. The zero-order chi connectivity index (χ0) is 15.4. The fraction of sp³-hybridized carbons (Fsp3) is 0.312. The molecule has 4 nitrogen and oxygen atoms in total. The highest BCUT2D eigenvalue weighted by atomic mass is 35.5. The van der Waals surface area contributed by atoms with Gasteiger partial charge in [0.1, 0.15) is 17.9 Å². The molecule has 0 amide bonds. The molecule has 0 spiro atoms. The molecular formula is C16H17ClO4. The molecule has 112 valence electrons. The molecule has 5 heteroatoms. The Bertz CT molecular complexity index is 667. The Morgan fingerprint density at radius 2 is 1.62 bits per heavy atom. The van der Waals surface area contributed by atoms with Crippen molar-refractivity contribution in [2.45, 2.75) is 6.92 Å². The highest BCUT2D eigenvalue weighted by Gasteiger charge is 2.24. The summed E-state index contributed by atoms with van der Waals surface area (Å²) in [5.41, 5.74) is 0.373. The summed E-state index contributed by atoms with van der Waals surface area (Å²) < 4.78 is 16.6. The van der Waals surface area contributed by atoms with Crippen LogP contribution in [0.3, 0.4) is 0 Å². The highest BCUT2D eigenvalue weighted by Crippen LogP contribution is 2.45. The van der Waals surface area contributed by atoms with Crippen LogP contribution in [0.2, 0.25) is 0 Å². The number of fused-ring (bicyclic) bond motifs is 1. The molecule has 0 unspecified atom stereocenters. The Hall–Kier alpha value is -1.94. The number of benzene rings is 2. The highest BCUT2D eigenvalue weighted by molar-refractivity contribution is 6.18. The predicted molar refractivity (Wildman–Crippen MR) is 83.3 cm³/mol. The molecule has 0 heterocycles. The van der Waals surface area contributed by atoms with Crippen LogP contribution < -0.4 is 14.2 Å². The first-order valence-electron chi connectivity index (χ1n) is 6.52. The number of Topliss-reactive ketones (excluding diaryl/α,β-unsaturated/α-hetero) is 1. The number of halogens is 1. The molecule has 21 heavy (non-hydrogen) atoms. The maximum absolute atomic E-state index is 12.1. The quantitative estimate of drug-likeness (QED) is 0.603. The normalized spacial score (nSPS) is 10.5. The molecule has 0 aliphatic heterocycles. The lowest BCUT2D eigenvalue weighted by Gasteiger charge is -2.19. The van der Waals surface area contributed by atoms with Gasteiger partial charge >= 0.3 is 0 Å². The van der Waals surface area contributed by atoms with Crippen LogP contribution in [0.15, 0.2) is 24.3 Å². The molecule has 2 rings (SSSR count). The van der Waals surface area contributed by atoms with Gasteiger partial charge in [-0.25, -0.2) is 0 Å². The molecule has 0 N–H and O–H groups in total. The monoisotopic (exact) mass is 308 g/mol. The Labute approximate surface area is 128 Å². The average molecular weight is 309 g/mol. The third kappa shape index (κ3) is 2.76. The number of carbonyl (C=O) groups is 1. The van der Waals surface area contributed by atoms with E-state index < -0.39 is 0 Å². The van der Waals surface area contributed by atoms with Crippen LogP contribution in [0, 0.1) is 0 Å². The fourth-order valence-electron chi connectivity index (χ4n) is 2.37. The van der Waals surface area contributed by atoms with Gasteiger partial charge < -0.3 is 14.2 Å². The van der Waals surface area contributed by atoms with Crippen molar-refractivity contribution in [1.29, 1.82) is 0 Å². The average Bonchev–Trinajstić information content (AvgIpc) is 2.50. The largest absolute Gasteiger partial charge is 0.495 e. The molecule has 0 atom stereocenters. The van der Waals surface area contributed by atoms with E-state index in [1.54, 1.807) is 7.11 Å². The van der Waals surface area contributed by atoms with Gasteiger partial charge in [-0.2, -0.15) is 0 Å². The summed E-state index contributed by atoms with van der Waals surface area (Å²) in [6, 6.07) is 7.55. The number of alkyl halides is 1. The Morgan fingerprint density at radius 1 is 1.05 bits per heavy atom. The Morgan fingerprint density at radius 3 is 2.10 bits per heavy atom. The van der Waals surface area contributed by atoms with Crippen LogP contribution in [-0.2, 0) is 0 Å². The molecule has 0 aromatic heterocycles. The SMILES string of the molecule is COc1c(OCCCl)c(C(C)=O)c(OC)c2ccccc12. The van der Waals surface area contributed by atoms with Gasteiger partial charge in [-0.3, -0.25) is 4.79 Å². The minimum atomic E-state index is -0.152. The number of hydrogen-bond donors (Lipinski definition) is 0. The summed E-state index contributed by atoms with van der Waals surface area (Å²) in [6.45, 7) is 1.75. The maximum atomic E-state index is 12.1. The summed E-state index contributed by atoms with van der Waals surface area (Å²) >= 11 is 5.69. The molecule has 0 fully saturated rings. The van der Waals surface area contributed by atoms with Crippen molar-refractivity contribution in [3.63, 3.8) is 0 Å². The second kappa shape index (κ2) is 6.68. The summed E-state index contributed by atoms with van der Waals surface area (Å²) in [5, 5.41) is 1.63. The van der Waals surface area contributed by atoms with E-state index in [9.17, 15) is 4.79 Å². The van der Waals surface area contributed by atoms with E-state index >= 15 is 0 Å². The molecule has 0 radical (unpaired) electrons. The van der Waals surface area contributed by atoms with Crippen molar-refractivity contribution in [3.8, 4) is 17.2 Å². The Kier molecular flexibility index (Phi) is 4.91. The number of methoxy groups -OCH3 is 2. The van der Waals surface area contributed by atoms with Gasteiger partial charge in [-0.05, 0) is 6.92 Å². The van der Waals surface area contributed by atoms with Crippen LogP contribution in [0.1, 0.15) is 17.3 Å². The van der Waals surface area contributed by atoms with E-state index in [4.69, 9.17) is 25.8 Å². The van der Waals surface area contributed by atoms with Crippen LogP contribution in [-0.4, -0.2) is 32.5 Å². The fourth-order valence-corrected chi connectivity index (χ4v) is 2.44. The summed E-state index contributed by atoms with van der Waals surface area (Å²) in [7, 11) is 3.08. The smallest absolute Gasteiger partial charge is 0.176 e. The molecule has 0 bridgehead atoms. The van der Waals surface area contributed by atoms with E-state index in [1.165, 1.54) is 14.0 Å². The van der Waals surface area contributed by atoms with E-state index in [1.807, 2.05) is 24.3 Å². The lowest BCUT2D eigenvalue weighted by Crippen LogP contribution is -2.08. The third-order valence-electron chi connectivity index (χ3n) is 3.16. The number of hydrogen-bond acceptors (Lipinski definition) is 4. The second-order valence-electron chi connectivity index (χ2n) is 4.41. The van der Waals surface area contributed by atoms with Gasteiger partial charge in [-0.15, -0.1) is 11.6 Å². The van der Waals surface area contributed by atoms with E-state index in [0.29, 0.717) is 28.7 Å². The minimum absolute atomic E-state index is 0.152. The first-order chi connectivity index (χ1) is 10.2. The van der Waals surface area contributed by atoms with Gasteiger partial charge in [0.2, 0.25) is 0 Å². The first kappa shape index (κ1) is 15.4. The van der Waals surface area contributed by atoms with Crippen molar-refractivity contribution in [3.05, 3.63) is 29.8 Å². The van der Waals surface area contributed by atoms with Gasteiger partial charge in [0, 0.05) is 10.8 Å². The number of carbonyl (C=O) groups excluding carboxylic acids is 1. The molecule has 2 aromatic rings. The van der Waals surface area contributed by atoms with Crippen LogP contribution >= 0.6 is 11.6 Å². The van der Waals surface area contributed by atoms with E-state index in [-0.39, 0.29) is 12.4 Å². The van der Waals surface area contributed by atoms with Crippen molar-refractivity contribution in [2.24, 2.45) is 0 Å². The van der Waals surface area contributed by atoms with Gasteiger partial charge in [0.25, 0.3) is 0 Å². The summed E-state index contributed by atoms with van der Waals surface area (Å²) in [6.07, 6.45) is 0. The lowest BCUT2D eigenvalue weighted by atomic mass is 10.0. The molecule has 0 aliphatic rings. The number of rotatable bonds is 6. The standard InChI is InChI=1S/C16H17ClO4/c1-10(18)13-14(19-2)11-6-4-5-7-12(11)15(20-3)16(13)21-9-8-17/h4-7H,8-9H2,1-3H3. The van der Waals surface area contributed by atoms with Gasteiger partial charge in [0.05, 0.1) is 20.1 Å². The topological polar surface area (TPSA) is 44.8 Å². The first-order valence-corrected chi connectivity index (χ1v) is 7.05. The second-order valence-corrected chi connectivity index (χ2v) is 4.79. The number of ether oxygens (including phenoxy) is 3. The predicted octanol–water partition coefficient (Wildman–Crippen LogP) is 3.68. The molecule has 0 aliphatic carbocycles.